The summed E-state index contributed by atoms with van der Waals surface area (Å²) < 4.78 is 2.55. The second-order valence-corrected chi connectivity index (χ2v) is 35.2. The van der Waals surface area contributed by atoms with Crippen molar-refractivity contribution >= 4 is 103 Å². The Morgan fingerprint density at radius 1 is 0.349 bits per heavy atom. The average Bonchev–Trinajstić information content (AvgIpc) is 1.11. The molecular weight excluding hydrogens is 1040 g/mol. The number of aromatic nitrogens is 1. The zero-order chi connectivity index (χ0) is 59.1. The lowest BCUT2D eigenvalue weighted by Gasteiger charge is -2.45. The first-order chi connectivity index (χ1) is 39.0. The summed E-state index contributed by atoms with van der Waals surface area (Å²) in [5.41, 5.74) is 19.3. The number of hydrogen-bond donors (Lipinski definition) is 0. The summed E-state index contributed by atoms with van der Waals surface area (Å²) in [5.74, 6) is 0. The van der Waals surface area contributed by atoms with Crippen molar-refractivity contribution in [3.8, 4) is 5.69 Å². The Balaban J connectivity index is 1.20. The molecule has 0 unspecified atom stereocenters. The van der Waals surface area contributed by atoms with Crippen LogP contribution in [0.15, 0.2) is 198 Å². The Hall–Kier alpha value is -6.79. The molecule has 0 radical (unpaired) electrons. The molecule has 0 bridgehead atoms. The van der Waals surface area contributed by atoms with Gasteiger partial charge in [0.2, 0.25) is 6.71 Å². The first-order valence-electron chi connectivity index (χ1n) is 30.4. The summed E-state index contributed by atoms with van der Waals surface area (Å²) in [4.78, 5) is 5.46. The standard InChI is InChI=1S/C78H85BN2SSi/c1-73(2,3)50-34-40-65-59(42-50)60-43-51(74(4,5)6)35-41-66(60)80(65)54-36-38-64-69(48-54)82-70-47-53(76(10,11)12)46-68-71(70)79(64)63-39-37-58(83(55-28-22-19-23-29-55,56-30-24-20-25-31-56)57-32-26-21-27-33-57)49-67(63)81(68)72-61(77(13,14)15)44-52(75(7,8)9)45-62(72)78(16,17)18/h19-49H,1-18H3. The van der Waals surface area contributed by atoms with Crippen molar-refractivity contribution in [1.82, 2.24) is 4.57 Å². The smallest absolute Gasteiger partial charge is 0.249 e. The van der Waals surface area contributed by atoms with E-state index < -0.39 is 8.07 Å². The molecule has 3 heterocycles. The Morgan fingerprint density at radius 3 is 1.24 bits per heavy atom. The predicted molar refractivity (Wildman–Crippen MR) is 367 cm³/mol. The zero-order valence-electron chi connectivity index (χ0n) is 52.8. The topological polar surface area (TPSA) is 8.17 Å². The van der Waals surface area contributed by atoms with Gasteiger partial charge >= 0.3 is 0 Å². The van der Waals surface area contributed by atoms with Gasteiger partial charge in [0, 0.05) is 37.6 Å². The number of fused-ring (bicyclic) bond motifs is 7. The molecule has 83 heavy (non-hydrogen) atoms. The number of nitrogens with zero attached hydrogens (tertiary/aromatic N) is 2. The van der Waals surface area contributed by atoms with Gasteiger partial charge in [-0.1, -0.05) is 275 Å². The van der Waals surface area contributed by atoms with Gasteiger partial charge in [0.1, 0.15) is 0 Å². The molecule has 420 valence electrons. The first kappa shape index (κ1) is 56.7. The highest BCUT2D eigenvalue weighted by Gasteiger charge is 2.47. The third-order valence-electron chi connectivity index (χ3n) is 18.3. The highest BCUT2D eigenvalue weighted by atomic mass is 32.2. The molecule has 2 aliphatic heterocycles. The Labute approximate surface area is 502 Å². The Bertz CT molecular complexity index is 3960. The van der Waals surface area contributed by atoms with E-state index in [9.17, 15) is 0 Å². The minimum absolute atomic E-state index is 0.0182. The third-order valence-corrected chi connectivity index (χ3v) is 24.2. The van der Waals surface area contributed by atoms with Crippen LogP contribution in [0.5, 0.6) is 0 Å². The van der Waals surface area contributed by atoms with Crippen LogP contribution in [0.1, 0.15) is 158 Å². The van der Waals surface area contributed by atoms with E-state index in [0.717, 1.165) is 0 Å². The second-order valence-electron chi connectivity index (χ2n) is 30.3. The lowest BCUT2D eigenvalue weighted by molar-refractivity contribution is 0.549. The lowest BCUT2D eigenvalue weighted by Crippen LogP contribution is -2.75. The van der Waals surface area contributed by atoms with Crippen LogP contribution in [-0.2, 0) is 32.5 Å². The minimum Gasteiger partial charge on any atom is -0.311 e. The van der Waals surface area contributed by atoms with E-state index in [2.05, 4.69) is 322 Å². The summed E-state index contributed by atoms with van der Waals surface area (Å²) in [7, 11) is -3.00. The molecule has 0 spiro atoms. The highest BCUT2D eigenvalue weighted by molar-refractivity contribution is 8.00. The lowest BCUT2D eigenvalue weighted by atomic mass is 9.34. The highest BCUT2D eigenvalue weighted by Crippen LogP contribution is 2.51. The summed E-state index contributed by atoms with van der Waals surface area (Å²) in [6, 6.07) is 74.4. The van der Waals surface area contributed by atoms with Gasteiger partial charge < -0.3 is 9.47 Å². The normalized spacial score (nSPS) is 14.0. The van der Waals surface area contributed by atoms with E-state index in [0.29, 0.717) is 0 Å². The van der Waals surface area contributed by atoms with Gasteiger partial charge in [-0.2, -0.15) is 0 Å². The largest absolute Gasteiger partial charge is 0.311 e. The van der Waals surface area contributed by atoms with Crippen LogP contribution in [0, 0.1) is 0 Å². The van der Waals surface area contributed by atoms with Gasteiger partial charge in [0.25, 0.3) is 0 Å². The van der Waals surface area contributed by atoms with Crippen LogP contribution < -0.4 is 42.0 Å². The zero-order valence-corrected chi connectivity index (χ0v) is 54.6. The first-order valence-corrected chi connectivity index (χ1v) is 33.2. The molecule has 0 amide bonds. The van der Waals surface area contributed by atoms with Crippen molar-refractivity contribution in [1.29, 1.82) is 0 Å². The molecule has 9 aromatic carbocycles. The van der Waals surface area contributed by atoms with Crippen LogP contribution in [0.4, 0.5) is 17.1 Å². The maximum absolute atomic E-state index is 3.00. The number of hydrogen-bond acceptors (Lipinski definition) is 2. The molecule has 12 rings (SSSR count). The van der Waals surface area contributed by atoms with Crippen molar-refractivity contribution in [3.63, 3.8) is 0 Å². The van der Waals surface area contributed by atoms with Crippen LogP contribution in [-0.4, -0.2) is 19.4 Å². The van der Waals surface area contributed by atoms with Gasteiger partial charge in [-0.05, 0) is 152 Å². The SMILES string of the molecule is CC(C)(C)c1cc2c3c(c1)N(c1c(C(C)(C)C)cc(C(C)(C)C)cc1C(C)(C)C)c1cc([Si](c4ccccc4)(c4ccccc4)c4ccccc4)ccc1B3c1ccc(-n3c4ccc(C(C)(C)C)cc4c4cc(C(C)(C)C)ccc43)cc1S2. The van der Waals surface area contributed by atoms with Gasteiger partial charge in [-0.3, -0.25) is 0 Å². The fourth-order valence-electron chi connectivity index (χ4n) is 13.5. The van der Waals surface area contributed by atoms with Crippen molar-refractivity contribution in [2.75, 3.05) is 4.90 Å². The van der Waals surface area contributed by atoms with Crippen molar-refractivity contribution in [2.45, 2.75) is 167 Å². The van der Waals surface area contributed by atoms with E-state index in [1.54, 1.807) is 0 Å². The maximum Gasteiger partial charge on any atom is 0.249 e. The fourth-order valence-corrected chi connectivity index (χ4v) is 19.5. The predicted octanol–water partition coefficient (Wildman–Crippen LogP) is 16.7. The molecule has 5 heteroatoms. The Kier molecular flexibility index (Phi) is 13.4. The fraction of sp³-hybridized carbons (Fsp3) is 0.308. The molecule has 1 aromatic heterocycles. The van der Waals surface area contributed by atoms with E-state index in [1.807, 2.05) is 11.8 Å². The molecular formula is C78H85BN2SSi. The monoisotopic (exact) mass is 1120 g/mol. The summed E-state index contributed by atoms with van der Waals surface area (Å²) in [5, 5.41) is 8.12. The van der Waals surface area contributed by atoms with Crippen LogP contribution in [0.3, 0.4) is 0 Å². The molecule has 2 nitrogen and oxygen atoms in total. The van der Waals surface area contributed by atoms with Crippen LogP contribution >= 0.6 is 11.8 Å². The molecule has 10 aromatic rings. The summed E-state index contributed by atoms with van der Waals surface area (Å²) in [6.07, 6.45) is 0. The molecule has 0 aliphatic carbocycles. The van der Waals surface area contributed by atoms with Crippen molar-refractivity contribution < 1.29 is 0 Å². The maximum atomic E-state index is 2.80. The van der Waals surface area contributed by atoms with E-state index >= 15 is 0 Å². The minimum atomic E-state index is -3.00. The quantitative estimate of drug-likeness (QED) is 0.121. The average molecular weight is 1120 g/mol. The van der Waals surface area contributed by atoms with Gasteiger partial charge in [-0.25, -0.2) is 0 Å². The van der Waals surface area contributed by atoms with E-state index in [4.69, 9.17) is 0 Å². The Morgan fingerprint density at radius 2 is 0.795 bits per heavy atom. The van der Waals surface area contributed by atoms with Crippen LogP contribution in [0.25, 0.3) is 27.5 Å². The van der Waals surface area contributed by atoms with Crippen molar-refractivity contribution in [2.24, 2.45) is 0 Å². The second kappa shape index (κ2) is 19.6. The third kappa shape index (κ3) is 9.57. The van der Waals surface area contributed by atoms with Gasteiger partial charge in [-0.15, -0.1) is 0 Å². The summed E-state index contributed by atoms with van der Waals surface area (Å²) >= 11 is 1.98. The van der Waals surface area contributed by atoms with Gasteiger partial charge in [0.15, 0.2) is 8.07 Å². The summed E-state index contributed by atoms with van der Waals surface area (Å²) in [6.45, 7) is 42.9. The van der Waals surface area contributed by atoms with E-state index in [1.165, 1.54) is 125 Å². The molecule has 0 saturated heterocycles. The number of anilines is 3. The molecule has 0 atom stereocenters. The molecule has 0 fully saturated rings. The number of rotatable bonds is 6. The molecule has 0 N–H and O–H groups in total. The van der Waals surface area contributed by atoms with Crippen molar-refractivity contribution in [3.05, 3.63) is 221 Å². The molecule has 2 aliphatic rings. The molecule has 0 saturated carbocycles. The van der Waals surface area contributed by atoms with Crippen LogP contribution in [0.2, 0.25) is 0 Å². The number of benzene rings is 9. The van der Waals surface area contributed by atoms with Gasteiger partial charge in [0.05, 0.1) is 16.7 Å². The van der Waals surface area contributed by atoms with E-state index in [-0.39, 0.29) is 39.2 Å².